The minimum atomic E-state index is -0.268. The van der Waals surface area contributed by atoms with E-state index in [-0.39, 0.29) is 5.91 Å². The van der Waals surface area contributed by atoms with Gasteiger partial charge in [0.15, 0.2) is 0 Å². The third kappa shape index (κ3) is 4.97. The summed E-state index contributed by atoms with van der Waals surface area (Å²) < 4.78 is 0. The molecular formula is C20H17Cl2N3O. The lowest BCUT2D eigenvalue weighted by atomic mass is 10.1. The van der Waals surface area contributed by atoms with Crippen molar-refractivity contribution in [2.45, 2.75) is 6.42 Å². The summed E-state index contributed by atoms with van der Waals surface area (Å²) in [6.45, 7) is 0.784. The van der Waals surface area contributed by atoms with Crippen molar-refractivity contribution in [3.8, 4) is 0 Å². The van der Waals surface area contributed by atoms with Crippen LogP contribution >= 0.6 is 23.2 Å². The van der Waals surface area contributed by atoms with Gasteiger partial charge in [-0.05, 0) is 42.3 Å². The highest BCUT2D eigenvalue weighted by atomic mass is 35.5. The summed E-state index contributed by atoms with van der Waals surface area (Å²) in [7, 11) is 0. The Morgan fingerprint density at radius 1 is 0.962 bits per heavy atom. The van der Waals surface area contributed by atoms with Gasteiger partial charge in [0.2, 0.25) is 0 Å². The van der Waals surface area contributed by atoms with Crippen LogP contribution in [0, 0.1) is 0 Å². The smallest absolute Gasteiger partial charge is 0.255 e. The Hall–Kier alpha value is -2.56. The molecule has 0 fully saturated rings. The second-order valence-corrected chi connectivity index (χ2v) is 6.49. The lowest BCUT2D eigenvalue weighted by molar-refractivity contribution is 0.102. The van der Waals surface area contributed by atoms with Crippen molar-refractivity contribution in [2.24, 2.45) is 0 Å². The molecule has 1 heterocycles. The molecule has 0 saturated carbocycles. The standard InChI is InChI=1S/C20H17Cl2N3O/c21-17-8-6-15(12-18(17)22)20(26)25-16-7-9-19(24-13-16)23-11-10-14-4-2-1-3-5-14/h1-9,12-13H,10-11H2,(H,23,24)(H,25,26). The van der Waals surface area contributed by atoms with Crippen LogP contribution in [0.25, 0.3) is 0 Å². The molecule has 6 heteroatoms. The number of halogens is 2. The van der Waals surface area contributed by atoms with Crippen molar-refractivity contribution in [3.05, 3.63) is 88.0 Å². The Balaban J connectivity index is 1.53. The maximum absolute atomic E-state index is 12.2. The topological polar surface area (TPSA) is 54.0 Å². The number of nitrogens with one attached hydrogen (secondary N) is 2. The van der Waals surface area contributed by atoms with Crippen LogP contribution in [0.2, 0.25) is 10.0 Å². The SMILES string of the molecule is O=C(Nc1ccc(NCCc2ccccc2)nc1)c1ccc(Cl)c(Cl)c1. The van der Waals surface area contributed by atoms with Crippen molar-refractivity contribution in [1.29, 1.82) is 0 Å². The fourth-order valence-electron chi connectivity index (χ4n) is 2.39. The second-order valence-electron chi connectivity index (χ2n) is 5.68. The van der Waals surface area contributed by atoms with E-state index in [1.54, 1.807) is 24.4 Å². The van der Waals surface area contributed by atoms with Crippen LogP contribution in [-0.4, -0.2) is 17.4 Å². The Kier molecular flexibility index (Phi) is 6.10. The Bertz CT molecular complexity index is 883. The number of nitrogens with zero attached hydrogens (tertiary/aromatic N) is 1. The van der Waals surface area contributed by atoms with Gasteiger partial charge in [0, 0.05) is 12.1 Å². The molecule has 2 N–H and O–H groups in total. The largest absolute Gasteiger partial charge is 0.370 e. The van der Waals surface area contributed by atoms with E-state index in [1.807, 2.05) is 24.3 Å². The van der Waals surface area contributed by atoms with Gasteiger partial charge in [-0.3, -0.25) is 4.79 Å². The van der Waals surface area contributed by atoms with E-state index in [1.165, 1.54) is 11.6 Å². The molecule has 0 bridgehead atoms. The predicted octanol–water partition coefficient (Wildman–Crippen LogP) is 5.30. The summed E-state index contributed by atoms with van der Waals surface area (Å²) >= 11 is 11.8. The van der Waals surface area contributed by atoms with Crippen molar-refractivity contribution in [2.75, 3.05) is 17.2 Å². The van der Waals surface area contributed by atoms with Crippen LogP contribution in [0.1, 0.15) is 15.9 Å². The highest BCUT2D eigenvalue weighted by molar-refractivity contribution is 6.42. The van der Waals surface area contributed by atoms with Crippen LogP contribution in [0.3, 0.4) is 0 Å². The van der Waals surface area contributed by atoms with Gasteiger partial charge in [-0.2, -0.15) is 0 Å². The number of amides is 1. The van der Waals surface area contributed by atoms with Crippen LogP contribution in [0.4, 0.5) is 11.5 Å². The first-order valence-electron chi connectivity index (χ1n) is 8.12. The van der Waals surface area contributed by atoms with E-state index >= 15 is 0 Å². The number of hydrogen-bond donors (Lipinski definition) is 2. The molecule has 132 valence electrons. The van der Waals surface area contributed by atoms with Crippen LogP contribution < -0.4 is 10.6 Å². The molecule has 3 aromatic rings. The summed E-state index contributed by atoms with van der Waals surface area (Å²) in [6.07, 6.45) is 2.53. The van der Waals surface area contributed by atoms with Crippen LogP contribution in [-0.2, 0) is 6.42 Å². The van der Waals surface area contributed by atoms with E-state index in [2.05, 4.69) is 27.8 Å². The summed E-state index contributed by atoms with van der Waals surface area (Å²) in [5.74, 6) is 0.489. The summed E-state index contributed by atoms with van der Waals surface area (Å²) in [5, 5.41) is 6.80. The third-order valence-corrected chi connectivity index (χ3v) is 4.50. The summed E-state index contributed by atoms with van der Waals surface area (Å²) in [5.41, 5.74) is 2.31. The molecule has 26 heavy (non-hydrogen) atoms. The molecule has 0 aliphatic rings. The monoisotopic (exact) mass is 385 g/mol. The molecule has 1 aromatic heterocycles. The first kappa shape index (κ1) is 18.2. The molecule has 0 saturated heterocycles. The van der Waals surface area contributed by atoms with Crippen molar-refractivity contribution < 1.29 is 4.79 Å². The number of hydrogen-bond acceptors (Lipinski definition) is 3. The fourth-order valence-corrected chi connectivity index (χ4v) is 2.69. The molecule has 0 aliphatic heterocycles. The van der Waals surface area contributed by atoms with Gasteiger partial charge >= 0.3 is 0 Å². The Morgan fingerprint density at radius 3 is 2.46 bits per heavy atom. The normalized spacial score (nSPS) is 10.4. The van der Waals surface area contributed by atoms with E-state index in [0.717, 1.165) is 18.8 Å². The Labute approximate surface area is 162 Å². The molecule has 4 nitrogen and oxygen atoms in total. The Morgan fingerprint density at radius 2 is 1.77 bits per heavy atom. The highest BCUT2D eigenvalue weighted by Crippen LogP contribution is 2.23. The zero-order valence-corrected chi connectivity index (χ0v) is 15.4. The molecule has 0 spiro atoms. The van der Waals surface area contributed by atoms with Gasteiger partial charge in [-0.15, -0.1) is 0 Å². The number of carbonyl (C=O) groups excluding carboxylic acids is 1. The van der Waals surface area contributed by atoms with Crippen molar-refractivity contribution in [1.82, 2.24) is 4.98 Å². The van der Waals surface area contributed by atoms with Gasteiger partial charge in [0.05, 0.1) is 21.9 Å². The van der Waals surface area contributed by atoms with Crippen molar-refractivity contribution >= 4 is 40.6 Å². The van der Waals surface area contributed by atoms with Crippen molar-refractivity contribution in [3.63, 3.8) is 0 Å². The molecule has 0 unspecified atom stereocenters. The summed E-state index contributed by atoms with van der Waals surface area (Å²) in [4.78, 5) is 16.6. The number of carbonyl (C=O) groups is 1. The molecule has 0 radical (unpaired) electrons. The van der Waals surface area contributed by atoms with Gasteiger partial charge in [-0.1, -0.05) is 53.5 Å². The lowest BCUT2D eigenvalue weighted by Gasteiger charge is -2.08. The average molecular weight is 386 g/mol. The van der Waals surface area contributed by atoms with E-state index in [9.17, 15) is 4.79 Å². The van der Waals surface area contributed by atoms with E-state index in [0.29, 0.717) is 21.3 Å². The molecule has 0 atom stereocenters. The van der Waals surface area contributed by atoms with Gasteiger partial charge in [-0.25, -0.2) is 4.98 Å². The maximum atomic E-state index is 12.2. The number of anilines is 2. The second kappa shape index (κ2) is 8.70. The first-order chi connectivity index (χ1) is 12.6. The van der Waals surface area contributed by atoms with Gasteiger partial charge < -0.3 is 10.6 Å². The van der Waals surface area contributed by atoms with Gasteiger partial charge in [0.1, 0.15) is 5.82 Å². The predicted molar refractivity (Wildman–Crippen MR) is 107 cm³/mol. The van der Waals surface area contributed by atoms with Crippen LogP contribution in [0.15, 0.2) is 66.9 Å². The van der Waals surface area contributed by atoms with E-state index < -0.39 is 0 Å². The molecular weight excluding hydrogens is 369 g/mol. The number of pyridine rings is 1. The van der Waals surface area contributed by atoms with Gasteiger partial charge in [0.25, 0.3) is 5.91 Å². The first-order valence-corrected chi connectivity index (χ1v) is 8.88. The molecule has 2 aromatic carbocycles. The minimum absolute atomic E-state index is 0.268. The average Bonchev–Trinajstić information content (AvgIpc) is 2.66. The number of benzene rings is 2. The molecule has 0 aliphatic carbocycles. The summed E-state index contributed by atoms with van der Waals surface area (Å²) in [6, 6.07) is 18.6. The fraction of sp³-hybridized carbons (Fsp3) is 0.100. The highest BCUT2D eigenvalue weighted by Gasteiger charge is 2.08. The molecule has 1 amide bonds. The number of rotatable bonds is 6. The minimum Gasteiger partial charge on any atom is -0.370 e. The lowest BCUT2D eigenvalue weighted by Crippen LogP contribution is -2.12. The van der Waals surface area contributed by atoms with E-state index in [4.69, 9.17) is 23.2 Å². The van der Waals surface area contributed by atoms with Crippen LogP contribution in [0.5, 0.6) is 0 Å². The zero-order chi connectivity index (χ0) is 18.4. The zero-order valence-electron chi connectivity index (χ0n) is 13.9. The third-order valence-electron chi connectivity index (χ3n) is 3.77. The number of aromatic nitrogens is 1. The maximum Gasteiger partial charge on any atom is 0.255 e. The quantitative estimate of drug-likeness (QED) is 0.605. The molecule has 3 rings (SSSR count).